The Morgan fingerprint density at radius 1 is 1.47 bits per heavy atom. The molecule has 1 heterocycles. The molecule has 7 heteroatoms. The molecule has 1 fully saturated rings. The predicted molar refractivity (Wildman–Crippen MR) is 79.0 cm³/mol. The van der Waals surface area contributed by atoms with Crippen LogP contribution in [0.15, 0.2) is 22.7 Å². The van der Waals surface area contributed by atoms with Crippen LogP contribution in [0.2, 0.25) is 0 Å². The Morgan fingerprint density at radius 3 is 2.74 bits per heavy atom. The third-order valence-corrected chi connectivity index (χ3v) is 5.21. The van der Waals surface area contributed by atoms with Gasteiger partial charge in [-0.05, 0) is 24.6 Å². The number of hydrogen-bond acceptors (Lipinski definition) is 3. The SMILES string of the molecule is Cc1ccc(N2CC(CS(=O)(=O)Cl)CC2=O)cc1Br. The maximum Gasteiger partial charge on any atom is 0.232 e. The standard InChI is InChI=1S/C12H13BrClNO3S/c1-8-2-3-10(5-11(8)13)15-6-9(4-12(15)16)7-19(14,17)18/h2-3,5,9H,4,6-7H2,1H3. The van der Waals surface area contributed by atoms with E-state index in [1.54, 1.807) is 4.90 Å². The molecule has 1 aliphatic rings. The number of nitrogens with zero attached hydrogens (tertiary/aromatic N) is 1. The minimum atomic E-state index is -3.57. The number of amides is 1. The lowest BCUT2D eigenvalue weighted by atomic mass is 10.1. The Labute approximate surface area is 125 Å². The summed E-state index contributed by atoms with van der Waals surface area (Å²) in [6.07, 6.45) is 0.220. The van der Waals surface area contributed by atoms with Crippen LogP contribution in [0, 0.1) is 12.8 Å². The third kappa shape index (κ3) is 3.70. The van der Waals surface area contributed by atoms with E-state index in [0.717, 1.165) is 15.7 Å². The van der Waals surface area contributed by atoms with Gasteiger partial charge in [-0.3, -0.25) is 4.79 Å². The van der Waals surface area contributed by atoms with E-state index in [4.69, 9.17) is 10.7 Å². The summed E-state index contributed by atoms with van der Waals surface area (Å²) in [7, 11) is 1.67. The van der Waals surface area contributed by atoms with Gasteiger partial charge in [0, 0.05) is 39.7 Å². The summed E-state index contributed by atoms with van der Waals surface area (Å²) >= 11 is 3.42. The molecule has 2 rings (SSSR count). The first kappa shape index (κ1) is 14.8. The second kappa shape index (κ2) is 5.42. The Kier molecular flexibility index (Phi) is 4.23. The number of halogens is 2. The molecule has 1 aromatic rings. The Bertz CT molecular complexity index is 617. The van der Waals surface area contributed by atoms with E-state index in [9.17, 15) is 13.2 Å². The number of rotatable bonds is 3. The first-order valence-electron chi connectivity index (χ1n) is 5.75. The zero-order chi connectivity index (χ0) is 14.2. The number of aryl methyl sites for hydroxylation is 1. The van der Waals surface area contributed by atoms with Crippen molar-refractivity contribution in [2.24, 2.45) is 5.92 Å². The molecule has 0 radical (unpaired) electrons. The number of carbonyl (C=O) groups is 1. The van der Waals surface area contributed by atoms with E-state index < -0.39 is 9.05 Å². The largest absolute Gasteiger partial charge is 0.312 e. The number of carbonyl (C=O) groups excluding carboxylic acids is 1. The lowest BCUT2D eigenvalue weighted by Gasteiger charge is -2.17. The summed E-state index contributed by atoms with van der Waals surface area (Å²) in [5.74, 6) is -0.472. The smallest absolute Gasteiger partial charge is 0.232 e. The minimum Gasteiger partial charge on any atom is -0.312 e. The average Bonchev–Trinajstić information content (AvgIpc) is 2.61. The van der Waals surface area contributed by atoms with Crippen LogP contribution in [-0.2, 0) is 13.8 Å². The number of anilines is 1. The Balaban J connectivity index is 2.18. The van der Waals surface area contributed by atoms with Crippen LogP contribution < -0.4 is 4.90 Å². The molecule has 0 N–H and O–H groups in total. The van der Waals surface area contributed by atoms with Crippen molar-refractivity contribution in [2.75, 3.05) is 17.2 Å². The summed E-state index contributed by atoms with van der Waals surface area (Å²) < 4.78 is 23.1. The molecule has 0 bridgehead atoms. The second-order valence-corrected chi connectivity index (χ2v) is 8.39. The molecule has 1 aliphatic heterocycles. The van der Waals surface area contributed by atoms with Gasteiger partial charge in [-0.15, -0.1) is 0 Å². The van der Waals surface area contributed by atoms with Crippen LogP contribution >= 0.6 is 26.6 Å². The molecule has 1 unspecified atom stereocenters. The number of benzene rings is 1. The molecule has 0 aromatic heterocycles. The summed E-state index contributed by atoms with van der Waals surface area (Å²) in [5, 5.41) is 0. The highest BCUT2D eigenvalue weighted by Crippen LogP contribution is 2.29. The van der Waals surface area contributed by atoms with Crippen molar-refractivity contribution in [3.8, 4) is 0 Å². The fourth-order valence-corrected chi connectivity index (χ4v) is 3.86. The fraction of sp³-hybridized carbons (Fsp3) is 0.417. The highest BCUT2D eigenvalue weighted by Gasteiger charge is 2.33. The van der Waals surface area contributed by atoms with Crippen LogP contribution in [0.1, 0.15) is 12.0 Å². The van der Waals surface area contributed by atoms with Gasteiger partial charge in [0.1, 0.15) is 0 Å². The van der Waals surface area contributed by atoms with Gasteiger partial charge in [0.25, 0.3) is 0 Å². The molecule has 19 heavy (non-hydrogen) atoms. The average molecular weight is 367 g/mol. The van der Waals surface area contributed by atoms with Gasteiger partial charge in [0.2, 0.25) is 15.0 Å². The molecule has 0 aliphatic carbocycles. The monoisotopic (exact) mass is 365 g/mol. The van der Waals surface area contributed by atoms with Crippen LogP contribution in [0.3, 0.4) is 0 Å². The van der Waals surface area contributed by atoms with Gasteiger partial charge in [-0.1, -0.05) is 22.0 Å². The molecule has 1 aromatic carbocycles. The molecule has 0 saturated carbocycles. The van der Waals surface area contributed by atoms with Crippen molar-refractivity contribution in [2.45, 2.75) is 13.3 Å². The van der Waals surface area contributed by atoms with Crippen LogP contribution in [0.5, 0.6) is 0 Å². The quantitative estimate of drug-likeness (QED) is 0.773. The zero-order valence-electron chi connectivity index (χ0n) is 10.3. The molecule has 104 valence electrons. The van der Waals surface area contributed by atoms with Gasteiger partial charge in [-0.25, -0.2) is 8.42 Å². The lowest BCUT2D eigenvalue weighted by Crippen LogP contribution is -2.25. The zero-order valence-corrected chi connectivity index (χ0v) is 13.4. The summed E-state index contributed by atoms with van der Waals surface area (Å²) in [6, 6.07) is 5.64. The molecule has 1 saturated heterocycles. The first-order chi connectivity index (χ1) is 8.76. The van der Waals surface area contributed by atoms with E-state index in [-0.39, 0.29) is 24.0 Å². The summed E-state index contributed by atoms with van der Waals surface area (Å²) in [5.41, 5.74) is 1.85. The summed E-state index contributed by atoms with van der Waals surface area (Å²) in [6.45, 7) is 2.35. The molecule has 4 nitrogen and oxygen atoms in total. The van der Waals surface area contributed by atoms with E-state index in [1.807, 2.05) is 25.1 Å². The van der Waals surface area contributed by atoms with E-state index in [0.29, 0.717) is 6.54 Å². The predicted octanol–water partition coefficient (Wildman–Crippen LogP) is 2.68. The third-order valence-electron chi connectivity index (χ3n) is 3.11. The van der Waals surface area contributed by atoms with Gasteiger partial charge < -0.3 is 4.90 Å². The van der Waals surface area contributed by atoms with Gasteiger partial charge >= 0.3 is 0 Å². The lowest BCUT2D eigenvalue weighted by molar-refractivity contribution is -0.117. The van der Waals surface area contributed by atoms with E-state index in [1.165, 1.54) is 0 Å². The van der Waals surface area contributed by atoms with E-state index >= 15 is 0 Å². The van der Waals surface area contributed by atoms with Crippen LogP contribution in [-0.4, -0.2) is 26.6 Å². The molecule has 1 atom stereocenters. The maximum absolute atomic E-state index is 11.9. The van der Waals surface area contributed by atoms with Crippen LogP contribution in [0.4, 0.5) is 5.69 Å². The second-order valence-electron chi connectivity index (χ2n) is 4.71. The van der Waals surface area contributed by atoms with Gasteiger partial charge in [0.05, 0.1) is 5.75 Å². The molecular weight excluding hydrogens is 354 g/mol. The van der Waals surface area contributed by atoms with Crippen molar-refractivity contribution in [3.63, 3.8) is 0 Å². The van der Waals surface area contributed by atoms with Crippen molar-refractivity contribution in [1.82, 2.24) is 0 Å². The Hall–Kier alpha value is -0.590. The highest BCUT2D eigenvalue weighted by atomic mass is 79.9. The summed E-state index contributed by atoms with van der Waals surface area (Å²) in [4.78, 5) is 13.5. The first-order valence-corrected chi connectivity index (χ1v) is 9.02. The van der Waals surface area contributed by atoms with Crippen molar-refractivity contribution in [3.05, 3.63) is 28.2 Å². The molecular formula is C12H13BrClNO3S. The topological polar surface area (TPSA) is 54.5 Å². The Morgan fingerprint density at radius 2 is 2.16 bits per heavy atom. The normalized spacial score (nSPS) is 20.1. The van der Waals surface area contributed by atoms with Crippen molar-refractivity contribution < 1.29 is 13.2 Å². The fourth-order valence-electron chi connectivity index (χ4n) is 2.17. The van der Waals surface area contributed by atoms with Crippen molar-refractivity contribution >= 4 is 47.3 Å². The van der Waals surface area contributed by atoms with Crippen LogP contribution in [0.25, 0.3) is 0 Å². The molecule has 1 amide bonds. The number of hydrogen-bond donors (Lipinski definition) is 0. The van der Waals surface area contributed by atoms with Crippen molar-refractivity contribution in [1.29, 1.82) is 0 Å². The molecule has 0 spiro atoms. The van der Waals surface area contributed by atoms with Gasteiger partial charge in [0.15, 0.2) is 0 Å². The minimum absolute atomic E-state index is 0.0685. The highest BCUT2D eigenvalue weighted by molar-refractivity contribution is 9.10. The van der Waals surface area contributed by atoms with Gasteiger partial charge in [-0.2, -0.15) is 0 Å². The maximum atomic E-state index is 11.9. The van der Waals surface area contributed by atoms with E-state index in [2.05, 4.69) is 15.9 Å².